The van der Waals surface area contributed by atoms with Gasteiger partial charge in [0.2, 0.25) is 5.91 Å². The molecule has 8 heteroatoms. The highest BCUT2D eigenvalue weighted by atomic mass is 32.1. The Kier molecular flexibility index (Phi) is 4.77. The number of amides is 1. The second-order valence-electron chi connectivity index (χ2n) is 6.20. The van der Waals surface area contributed by atoms with Crippen molar-refractivity contribution in [1.82, 2.24) is 20.2 Å². The molecule has 3 aromatic rings. The van der Waals surface area contributed by atoms with Gasteiger partial charge < -0.3 is 5.32 Å². The van der Waals surface area contributed by atoms with Crippen LogP contribution in [-0.2, 0) is 17.6 Å². The number of hydrogen-bond acceptors (Lipinski definition) is 6. The first kappa shape index (κ1) is 17.1. The number of hydrogen-bond donors (Lipinski definition) is 1. The van der Waals surface area contributed by atoms with E-state index in [4.69, 9.17) is 0 Å². The largest absolute Gasteiger partial charge is 0.313 e. The number of benzene rings is 1. The molecule has 7 nitrogen and oxygen atoms in total. The summed E-state index contributed by atoms with van der Waals surface area (Å²) in [6.07, 6.45) is 8.86. The summed E-state index contributed by atoms with van der Waals surface area (Å²) in [7, 11) is 0. The number of nitrogens with zero attached hydrogens (tertiary/aromatic N) is 5. The van der Waals surface area contributed by atoms with E-state index in [9.17, 15) is 10.1 Å². The van der Waals surface area contributed by atoms with Gasteiger partial charge in [0.1, 0.15) is 17.4 Å². The Morgan fingerprint density at radius 1 is 1.33 bits per heavy atom. The molecule has 1 aliphatic carbocycles. The summed E-state index contributed by atoms with van der Waals surface area (Å²) >= 11 is 1.52. The van der Waals surface area contributed by atoms with Crippen molar-refractivity contribution in [2.24, 2.45) is 0 Å². The second-order valence-corrected chi connectivity index (χ2v) is 7.30. The summed E-state index contributed by atoms with van der Waals surface area (Å²) in [4.78, 5) is 13.6. The fourth-order valence-corrected chi connectivity index (χ4v) is 4.39. The standard InChI is InChI=1S/C19H16N6OS/c20-11-16-15-6-1-2-7-17(15)27-19(16)22-18(26)9-8-13-4-3-5-14(10-13)25-12-21-23-24-25/h3-5,8-10,12H,1-2,6-7H2,(H,22,26)/b9-8+. The Morgan fingerprint density at radius 2 is 2.22 bits per heavy atom. The number of rotatable bonds is 4. The summed E-state index contributed by atoms with van der Waals surface area (Å²) in [5.41, 5.74) is 3.39. The molecule has 1 aromatic carbocycles. The number of nitrogens with one attached hydrogen (secondary N) is 1. The highest BCUT2D eigenvalue weighted by Gasteiger charge is 2.21. The van der Waals surface area contributed by atoms with E-state index in [1.165, 1.54) is 28.6 Å². The summed E-state index contributed by atoms with van der Waals surface area (Å²) in [6.45, 7) is 0. The van der Waals surface area contributed by atoms with E-state index < -0.39 is 0 Å². The third-order valence-electron chi connectivity index (χ3n) is 4.43. The van der Waals surface area contributed by atoms with Gasteiger partial charge in [0.25, 0.3) is 0 Å². The van der Waals surface area contributed by atoms with Crippen molar-refractivity contribution in [3.05, 3.63) is 58.2 Å². The Morgan fingerprint density at radius 3 is 3.04 bits per heavy atom. The van der Waals surface area contributed by atoms with Crippen LogP contribution in [0.3, 0.4) is 0 Å². The second kappa shape index (κ2) is 7.51. The molecular formula is C19H16N6OS. The smallest absolute Gasteiger partial charge is 0.249 e. The zero-order valence-corrected chi connectivity index (χ0v) is 15.2. The van der Waals surface area contributed by atoms with Crippen molar-refractivity contribution in [2.75, 3.05) is 5.32 Å². The summed E-state index contributed by atoms with van der Waals surface area (Å²) in [6, 6.07) is 9.78. The molecule has 134 valence electrons. The van der Waals surface area contributed by atoms with Crippen LogP contribution in [0.4, 0.5) is 5.00 Å². The van der Waals surface area contributed by atoms with Crippen LogP contribution in [0.15, 0.2) is 36.7 Å². The lowest BCUT2D eigenvalue weighted by atomic mass is 9.96. The lowest BCUT2D eigenvalue weighted by Gasteiger charge is -2.09. The van der Waals surface area contributed by atoms with Crippen LogP contribution < -0.4 is 5.32 Å². The Labute approximate surface area is 159 Å². The van der Waals surface area contributed by atoms with E-state index in [0.717, 1.165) is 42.5 Å². The topological polar surface area (TPSA) is 96.5 Å². The minimum atomic E-state index is -0.252. The number of carbonyl (C=O) groups excluding carboxylic acids is 1. The maximum Gasteiger partial charge on any atom is 0.249 e. The molecule has 0 bridgehead atoms. The molecule has 0 saturated heterocycles. The van der Waals surface area contributed by atoms with Crippen LogP contribution >= 0.6 is 11.3 Å². The zero-order valence-electron chi connectivity index (χ0n) is 14.4. The molecule has 2 aromatic heterocycles. The molecule has 0 atom stereocenters. The normalized spacial score (nSPS) is 13.3. The molecule has 0 saturated carbocycles. The van der Waals surface area contributed by atoms with E-state index >= 15 is 0 Å². The highest BCUT2D eigenvalue weighted by Crippen LogP contribution is 2.37. The molecule has 0 aliphatic heterocycles. The number of aryl methyl sites for hydroxylation is 1. The molecule has 4 rings (SSSR count). The van der Waals surface area contributed by atoms with Gasteiger partial charge in [0.15, 0.2) is 0 Å². The minimum Gasteiger partial charge on any atom is -0.313 e. The predicted octanol–water partition coefficient (Wildman–Crippen LogP) is 3.13. The first-order valence-corrected chi connectivity index (χ1v) is 9.43. The van der Waals surface area contributed by atoms with Gasteiger partial charge in [-0.2, -0.15) is 5.26 Å². The first-order chi connectivity index (χ1) is 13.2. The van der Waals surface area contributed by atoms with Gasteiger partial charge in [-0.05, 0) is 65.4 Å². The SMILES string of the molecule is N#Cc1c(NC(=O)/C=C/c2cccc(-n3cnnn3)c2)sc2c1CCCC2. The molecule has 1 amide bonds. The van der Waals surface area contributed by atoms with E-state index in [-0.39, 0.29) is 5.91 Å². The molecule has 2 heterocycles. The molecule has 0 fully saturated rings. The summed E-state index contributed by atoms with van der Waals surface area (Å²) in [5.74, 6) is -0.252. The molecule has 0 radical (unpaired) electrons. The van der Waals surface area contributed by atoms with E-state index in [0.29, 0.717) is 10.6 Å². The number of thiophene rings is 1. The van der Waals surface area contributed by atoms with E-state index in [1.54, 1.807) is 10.8 Å². The summed E-state index contributed by atoms with van der Waals surface area (Å²) in [5, 5.41) is 24.1. The van der Waals surface area contributed by atoms with Gasteiger partial charge in [-0.3, -0.25) is 4.79 Å². The molecule has 0 spiro atoms. The van der Waals surface area contributed by atoms with Gasteiger partial charge in [-0.15, -0.1) is 16.4 Å². The predicted molar refractivity (Wildman–Crippen MR) is 102 cm³/mol. The van der Waals surface area contributed by atoms with Crippen LogP contribution in [0.2, 0.25) is 0 Å². The maximum atomic E-state index is 12.3. The van der Waals surface area contributed by atoms with Gasteiger partial charge in [-0.25, -0.2) is 4.68 Å². The third-order valence-corrected chi connectivity index (χ3v) is 5.64. The maximum absolute atomic E-state index is 12.3. The van der Waals surface area contributed by atoms with Crippen molar-refractivity contribution in [3.8, 4) is 11.8 Å². The van der Waals surface area contributed by atoms with Crippen LogP contribution in [0.1, 0.15) is 34.4 Å². The monoisotopic (exact) mass is 376 g/mol. The average Bonchev–Trinajstić information content (AvgIpc) is 3.34. The van der Waals surface area contributed by atoms with Crippen LogP contribution in [0, 0.1) is 11.3 Å². The quantitative estimate of drug-likeness (QED) is 0.706. The molecule has 0 unspecified atom stereocenters. The fourth-order valence-electron chi connectivity index (χ4n) is 3.15. The zero-order chi connectivity index (χ0) is 18.6. The van der Waals surface area contributed by atoms with Crippen molar-refractivity contribution >= 4 is 28.3 Å². The Hall–Kier alpha value is -3.31. The average molecular weight is 376 g/mol. The fraction of sp³-hybridized carbons (Fsp3) is 0.211. The highest BCUT2D eigenvalue weighted by molar-refractivity contribution is 7.16. The number of fused-ring (bicyclic) bond motifs is 1. The molecule has 1 aliphatic rings. The van der Waals surface area contributed by atoms with Gasteiger partial charge in [-0.1, -0.05) is 12.1 Å². The summed E-state index contributed by atoms with van der Waals surface area (Å²) < 4.78 is 1.55. The number of anilines is 1. The third kappa shape index (κ3) is 3.64. The van der Waals surface area contributed by atoms with Gasteiger partial charge >= 0.3 is 0 Å². The van der Waals surface area contributed by atoms with Crippen molar-refractivity contribution in [3.63, 3.8) is 0 Å². The van der Waals surface area contributed by atoms with Gasteiger partial charge in [0.05, 0.1) is 11.3 Å². The first-order valence-electron chi connectivity index (χ1n) is 8.62. The Balaban J connectivity index is 1.50. The molecule has 1 N–H and O–H groups in total. The van der Waals surface area contributed by atoms with Crippen LogP contribution in [0.25, 0.3) is 11.8 Å². The van der Waals surface area contributed by atoms with Crippen molar-refractivity contribution in [2.45, 2.75) is 25.7 Å². The number of carbonyl (C=O) groups is 1. The van der Waals surface area contributed by atoms with Crippen molar-refractivity contribution in [1.29, 1.82) is 5.26 Å². The number of nitriles is 1. The number of aromatic nitrogens is 4. The van der Waals surface area contributed by atoms with Gasteiger partial charge in [0, 0.05) is 11.0 Å². The van der Waals surface area contributed by atoms with Crippen molar-refractivity contribution < 1.29 is 4.79 Å². The van der Waals surface area contributed by atoms with Crippen LogP contribution in [0.5, 0.6) is 0 Å². The lowest BCUT2D eigenvalue weighted by Crippen LogP contribution is -2.08. The number of tetrazole rings is 1. The van der Waals surface area contributed by atoms with E-state index in [2.05, 4.69) is 26.9 Å². The lowest BCUT2D eigenvalue weighted by molar-refractivity contribution is -0.111. The van der Waals surface area contributed by atoms with Crippen LogP contribution in [-0.4, -0.2) is 26.1 Å². The molecular weight excluding hydrogens is 360 g/mol. The Bertz CT molecular complexity index is 1040. The van der Waals surface area contributed by atoms with E-state index in [1.807, 2.05) is 24.3 Å². The minimum absolute atomic E-state index is 0.252. The molecule has 27 heavy (non-hydrogen) atoms.